The second-order valence-electron chi connectivity index (χ2n) is 7.67. The third kappa shape index (κ3) is 3.33. The van der Waals surface area contributed by atoms with Gasteiger partial charge in [-0.2, -0.15) is 9.40 Å². The summed E-state index contributed by atoms with van der Waals surface area (Å²) in [7, 11) is -3.60. The SMILES string of the molecule is O=c1[nH]ccc2c1c(Nc1ccc(S(=O)(=O)N3CC(O)C3)cc1)nn2CC1CC1. The Balaban J connectivity index is 1.43. The smallest absolute Gasteiger partial charge is 0.261 e. The number of sulfonamides is 1. The van der Waals surface area contributed by atoms with Gasteiger partial charge in [-0.3, -0.25) is 9.48 Å². The Morgan fingerprint density at radius 2 is 1.90 bits per heavy atom. The summed E-state index contributed by atoms with van der Waals surface area (Å²) >= 11 is 0. The third-order valence-corrected chi connectivity index (χ3v) is 7.23. The van der Waals surface area contributed by atoms with Gasteiger partial charge in [0.25, 0.3) is 5.56 Å². The van der Waals surface area contributed by atoms with Crippen LogP contribution in [-0.4, -0.2) is 51.8 Å². The number of aliphatic hydroxyl groups excluding tert-OH is 1. The number of aromatic nitrogens is 3. The summed E-state index contributed by atoms with van der Waals surface area (Å²) in [5.74, 6) is 1.05. The number of hydrogen-bond donors (Lipinski definition) is 3. The average molecular weight is 415 g/mol. The van der Waals surface area contributed by atoms with E-state index in [1.54, 1.807) is 18.3 Å². The molecular weight excluding hydrogens is 394 g/mol. The molecule has 29 heavy (non-hydrogen) atoms. The van der Waals surface area contributed by atoms with Crippen molar-refractivity contribution in [1.82, 2.24) is 19.1 Å². The zero-order valence-electron chi connectivity index (χ0n) is 15.6. The molecule has 2 aromatic heterocycles. The van der Waals surface area contributed by atoms with Crippen LogP contribution in [0, 0.1) is 5.92 Å². The van der Waals surface area contributed by atoms with Crippen LogP contribution in [0.4, 0.5) is 11.5 Å². The molecule has 0 amide bonds. The number of rotatable bonds is 6. The average Bonchev–Trinajstić information content (AvgIpc) is 3.42. The predicted octanol–water partition coefficient (Wildman–Crippen LogP) is 1.24. The third-order valence-electron chi connectivity index (χ3n) is 5.39. The molecule has 1 aliphatic carbocycles. The molecule has 0 spiro atoms. The van der Waals surface area contributed by atoms with Gasteiger partial charge in [0, 0.05) is 31.5 Å². The molecule has 1 saturated heterocycles. The molecule has 1 saturated carbocycles. The topological polar surface area (TPSA) is 120 Å². The molecule has 2 aliphatic rings. The molecule has 0 bridgehead atoms. The van der Waals surface area contributed by atoms with Gasteiger partial charge in [0.2, 0.25) is 10.0 Å². The summed E-state index contributed by atoms with van der Waals surface area (Å²) < 4.78 is 28.1. The van der Waals surface area contributed by atoms with Crippen molar-refractivity contribution < 1.29 is 13.5 Å². The predicted molar refractivity (Wildman–Crippen MR) is 108 cm³/mol. The number of pyridine rings is 1. The summed E-state index contributed by atoms with van der Waals surface area (Å²) in [5.41, 5.74) is 1.19. The molecule has 3 heterocycles. The molecule has 5 rings (SSSR count). The number of aromatic amines is 1. The number of benzene rings is 1. The van der Waals surface area contributed by atoms with E-state index < -0.39 is 16.1 Å². The van der Waals surface area contributed by atoms with Gasteiger partial charge >= 0.3 is 0 Å². The molecule has 0 unspecified atom stereocenters. The Hall–Kier alpha value is -2.69. The van der Waals surface area contributed by atoms with Crippen LogP contribution in [0.5, 0.6) is 0 Å². The number of hydrogen-bond acceptors (Lipinski definition) is 6. The first-order chi connectivity index (χ1) is 13.9. The number of aliphatic hydroxyl groups is 1. The fourth-order valence-corrected chi connectivity index (χ4v) is 5.03. The molecule has 10 heteroatoms. The van der Waals surface area contributed by atoms with Crippen molar-refractivity contribution in [2.24, 2.45) is 5.92 Å². The van der Waals surface area contributed by atoms with Crippen LogP contribution in [0.3, 0.4) is 0 Å². The number of nitrogens with zero attached hydrogens (tertiary/aromatic N) is 3. The first kappa shape index (κ1) is 18.3. The highest BCUT2D eigenvalue weighted by Gasteiger charge is 2.35. The summed E-state index contributed by atoms with van der Waals surface area (Å²) in [6, 6.07) is 8.15. The number of fused-ring (bicyclic) bond motifs is 1. The number of β-amino-alcohol motifs (C(OH)–C–C–N with tert-alkyl or cyclic N) is 1. The van der Waals surface area contributed by atoms with Gasteiger partial charge in [0.1, 0.15) is 5.39 Å². The van der Waals surface area contributed by atoms with Crippen LogP contribution in [0.2, 0.25) is 0 Å². The number of H-pyrrole nitrogens is 1. The molecule has 2 fully saturated rings. The minimum atomic E-state index is -3.60. The molecule has 0 atom stereocenters. The molecular formula is C19H21N5O4S. The highest BCUT2D eigenvalue weighted by atomic mass is 32.2. The second kappa shape index (κ2) is 6.68. The first-order valence-electron chi connectivity index (χ1n) is 9.55. The molecule has 3 aromatic rings. The Morgan fingerprint density at radius 1 is 1.17 bits per heavy atom. The van der Waals surface area contributed by atoms with E-state index in [4.69, 9.17) is 0 Å². The molecule has 0 radical (unpaired) electrons. The minimum absolute atomic E-state index is 0.121. The number of nitrogens with one attached hydrogen (secondary N) is 2. The normalized spacial score (nSPS) is 18.1. The van der Waals surface area contributed by atoms with Crippen LogP contribution in [0.1, 0.15) is 12.8 Å². The second-order valence-corrected chi connectivity index (χ2v) is 9.60. The van der Waals surface area contributed by atoms with Crippen molar-refractivity contribution in [3.8, 4) is 0 Å². The van der Waals surface area contributed by atoms with Crippen molar-refractivity contribution in [1.29, 1.82) is 0 Å². The zero-order chi connectivity index (χ0) is 20.2. The quantitative estimate of drug-likeness (QED) is 0.557. The van der Waals surface area contributed by atoms with Crippen LogP contribution >= 0.6 is 0 Å². The van der Waals surface area contributed by atoms with E-state index in [0.29, 0.717) is 22.8 Å². The fourth-order valence-electron chi connectivity index (χ4n) is 3.52. The lowest BCUT2D eigenvalue weighted by Gasteiger charge is -2.34. The van der Waals surface area contributed by atoms with Crippen molar-refractivity contribution in [3.63, 3.8) is 0 Å². The fraction of sp³-hybridized carbons (Fsp3) is 0.368. The van der Waals surface area contributed by atoms with Crippen LogP contribution in [-0.2, 0) is 16.6 Å². The van der Waals surface area contributed by atoms with E-state index in [1.165, 1.54) is 29.3 Å². The lowest BCUT2D eigenvalue weighted by atomic mass is 10.2. The standard InChI is InChI=1S/C19H21N5O4S/c25-14-10-23(11-14)29(27,28)15-5-3-13(4-6-15)21-18-17-16(7-8-20-19(17)26)24(22-18)9-12-1-2-12/h3-8,12,14,25H,1-2,9-11H2,(H,20,26)(H,21,22). The molecule has 9 nitrogen and oxygen atoms in total. The lowest BCUT2D eigenvalue weighted by Crippen LogP contribution is -2.53. The molecule has 3 N–H and O–H groups in total. The van der Waals surface area contributed by atoms with Crippen molar-refractivity contribution in [2.75, 3.05) is 18.4 Å². The van der Waals surface area contributed by atoms with E-state index in [0.717, 1.165) is 12.1 Å². The molecule has 1 aromatic carbocycles. The van der Waals surface area contributed by atoms with Crippen molar-refractivity contribution in [3.05, 3.63) is 46.9 Å². The van der Waals surface area contributed by atoms with Gasteiger partial charge in [0.05, 0.1) is 16.5 Å². The van der Waals surface area contributed by atoms with Crippen LogP contribution in [0.15, 0.2) is 46.2 Å². The van der Waals surface area contributed by atoms with E-state index in [9.17, 15) is 18.3 Å². The molecule has 152 valence electrons. The number of anilines is 2. The largest absolute Gasteiger partial charge is 0.390 e. The maximum Gasteiger partial charge on any atom is 0.261 e. The highest BCUT2D eigenvalue weighted by molar-refractivity contribution is 7.89. The summed E-state index contributed by atoms with van der Waals surface area (Å²) in [6.07, 6.45) is 3.38. The van der Waals surface area contributed by atoms with Gasteiger partial charge in [-0.05, 0) is 49.1 Å². The Bertz CT molecular complexity index is 1220. The van der Waals surface area contributed by atoms with E-state index in [2.05, 4.69) is 15.4 Å². The lowest BCUT2D eigenvalue weighted by molar-refractivity contribution is 0.0548. The maximum atomic E-state index is 12.5. The van der Waals surface area contributed by atoms with Gasteiger partial charge in [-0.1, -0.05) is 0 Å². The van der Waals surface area contributed by atoms with E-state index in [1.807, 2.05) is 10.7 Å². The Kier molecular flexibility index (Phi) is 4.23. The molecule has 1 aliphatic heterocycles. The van der Waals surface area contributed by atoms with E-state index in [-0.39, 0.29) is 23.5 Å². The van der Waals surface area contributed by atoms with Gasteiger partial charge < -0.3 is 15.4 Å². The zero-order valence-corrected chi connectivity index (χ0v) is 16.4. The van der Waals surface area contributed by atoms with Crippen LogP contribution in [0.25, 0.3) is 10.9 Å². The van der Waals surface area contributed by atoms with Gasteiger partial charge in [0.15, 0.2) is 5.82 Å². The van der Waals surface area contributed by atoms with Crippen molar-refractivity contribution >= 4 is 32.4 Å². The minimum Gasteiger partial charge on any atom is -0.390 e. The summed E-state index contributed by atoms with van der Waals surface area (Å²) in [4.78, 5) is 15.2. The first-order valence-corrected chi connectivity index (χ1v) is 11.0. The van der Waals surface area contributed by atoms with Crippen molar-refractivity contribution in [2.45, 2.75) is 30.4 Å². The Labute approximate surface area is 167 Å². The maximum absolute atomic E-state index is 12.5. The Morgan fingerprint density at radius 3 is 2.55 bits per heavy atom. The van der Waals surface area contributed by atoms with E-state index >= 15 is 0 Å². The monoisotopic (exact) mass is 415 g/mol. The van der Waals surface area contributed by atoms with Crippen LogP contribution < -0.4 is 10.9 Å². The highest BCUT2D eigenvalue weighted by Crippen LogP contribution is 2.33. The summed E-state index contributed by atoms with van der Waals surface area (Å²) in [5, 5.41) is 17.6. The van der Waals surface area contributed by atoms with Gasteiger partial charge in [-0.15, -0.1) is 0 Å². The summed E-state index contributed by atoms with van der Waals surface area (Å²) in [6.45, 7) is 1.02. The van der Waals surface area contributed by atoms with Gasteiger partial charge in [-0.25, -0.2) is 8.42 Å².